The van der Waals surface area contributed by atoms with Crippen molar-refractivity contribution in [3.05, 3.63) is 60.2 Å². The van der Waals surface area contributed by atoms with E-state index >= 15 is 0 Å². The minimum Gasteiger partial charge on any atom is -0.504 e. The number of carboxylic acid groups (broad SMARTS) is 1. The number of carbonyl (C=O) groups is 2. The van der Waals surface area contributed by atoms with Crippen LogP contribution in [0.5, 0.6) is 11.5 Å². The Morgan fingerprint density at radius 3 is 2.37 bits per heavy atom. The molecule has 0 saturated carbocycles. The summed E-state index contributed by atoms with van der Waals surface area (Å²) in [6.45, 7) is 3.47. The first-order valence-corrected chi connectivity index (χ1v) is 10.3. The van der Waals surface area contributed by atoms with Crippen molar-refractivity contribution < 1.29 is 29.3 Å². The summed E-state index contributed by atoms with van der Waals surface area (Å²) in [5.74, 6) is -0.956. The summed E-state index contributed by atoms with van der Waals surface area (Å²) in [6.07, 6.45) is 2.82. The van der Waals surface area contributed by atoms with Gasteiger partial charge in [0.15, 0.2) is 11.5 Å². The summed E-state index contributed by atoms with van der Waals surface area (Å²) in [5, 5.41) is 21.8. The number of carboxylic acids is 1. The fourth-order valence-electron chi connectivity index (χ4n) is 2.82. The molecule has 160 valence electrons. The first kappa shape index (κ1) is 23.2. The summed E-state index contributed by atoms with van der Waals surface area (Å²) < 4.78 is 10.7. The van der Waals surface area contributed by atoms with E-state index in [4.69, 9.17) is 14.6 Å². The molecule has 0 aromatic heterocycles. The zero-order valence-electron chi connectivity index (χ0n) is 17.2. The number of benzene rings is 2. The van der Waals surface area contributed by atoms with Crippen LogP contribution in [-0.4, -0.2) is 35.6 Å². The van der Waals surface area contributed by atoms with Gasteiger partial charge in [-0.3, -0.25) is 5.32 Å². The second-order valence-electron chi connectivity index (χ2n) is 7.06. The highest BCUT2D eigenvalue weighted by Gasteiger charge is 2.33. The van der Waals surface area contributed by atoms with Crippen LogP contribution in [0, 0.1) is 5.41 Å². The second kappa shape index (κ2) is 10.1. The van der Waals surface area contributed by atoms with E-state index < -0.39 is 23.6 Å². The van der Waals surface area contributed by atoms with Crippen molar-refractivity contribution in [1.29, 1.82) is 0 Å². The van der Waals surface area contributed by atoms with Crippen molar-refractivity contribution in [3.63, 3.8) is 0 Å². The number of rotatable bonds is 8. The molecule has 0 radical (unpaired) electrons. The molecule has 0 aliphatic carbocycles. The number of carbonyl (C=O) groups excluding carboxylic acids is 1. The number of aliphatic carboxylic acids is 1. The minimum atomic E-state index is -1.11. The minimum absolute atomic E-state index is 0.116. The van der Waals surface area contributed by atoms with E-state index in [1.165, 1.54) is 19.3 Å². The summed E-state index contributed by atoms with van der Waals surface area (Å²) in [7, 11) is 1.43. The maximum atomic E-state index is 12.6. The SMILES string of the molecule is COc1ccc([C@@H](OC(=O)Nc2ccc(SC)cc2)C(C)(C)/C=C/C(=O)O)cc1O. The van der Waals surface area contributed by atoms with Gasteiger partial charge in [-0.15, -0.1) is 11.8 Å². The van der Waals surface area contributed by atoms with Crippen LogP contribution in [0.4, 0.5) is 10.5 Å². The third-order valence-corrected chi connectivity index (χ3v) is 5.14. The maximum Gasteiger partial charge on any atom is 0.412 e. The molecule has 2 aromatic carbocycles. The normalized spacial score (nSPS) is 12.4. The summed E-state index contributed by atoms with van der Waals surface area (Å²) >= 11 is 1.59. The quantitative estimate of drug-likeness (QED) is 0.395. The Balaban J connectivity index is 2.31. The molecule has 3 N–H and O–H groups in total. The Morgan fingerprint density at radius 2 is 1.83 bits per heavy atom. The van der Waals surface area contributed by atoms with E-state index in [0.29, 0.717) is 11.3 Å². The third-order valence-electron chi connectivity index (χ3n) is 4.40. The van der Waals surface area contributed by atoms with Crippen molar-refractivity contribution >= 4 is 29.5 Å². The van der Waals surface area contributed by atoms with Crippen LogP contribution in [0.3, 0.4) is 0 Å². The van der Waals surface area contributed by atoms with Gasteiger partial charge < -0.3 is 19.7 Å². The number of nitrogens with one attached hydrogen (secondary N) is 1. The number of hydrogen-bond donors (Lipinski definition) is 3. The number of amides is 1. The Bertz CT molecular complexity index is 924. The van der Waals surface area contributed by atoms with Gasteiger partial charge in [-0.25, -0.2) is 9.59 Å². The van der Waals surface area contributed by atoms with Crippen LogP contribution >= 0.6 is 11.8 Å². The topological polar surface area (TPSA) is 105 Å². The molecule has 0 unspecified atom stereocenters. The van der Waals surface area contributed by atoms with Crippen molar-refractivity contribution in [3.8, 4) is 11.5 Å². The van der Waals surface area contributed by atoms with Crippen molar-refractivity contribution in [2.45, 2.75) is 24.8 Å². The van der Waals surface area contributed by atoms with E-state index in [2.05, 4.69) is 5.32 Å². The van der Waals surface area contributed by atoms with Gasteiger partial charge in [-0.2, -0.15) is 0 Å². The number of phenols is 1. The van der Waals surface area contributed by atoms with Crippen molar-refractivity contribution in [2.24, 2.45) is 5.41 Å². The van der Waals surface area contributed by atoms with Gasteiger partial charge in [-0.1, -0.05) is 26.0 Å². The smallest absolute Gasteiger partial charge is 0.412 e. The summed E-state index contributed by atoms with van der Waals surface area (Å²) in [6, 6.07) is 11.9. The average molecular weight is 432 g/mol. The van der Waals surface area contributed by atoms with Crippen LogP contribution in [-0.2, 0) is 9.53 Å². The Hall–Kier alpha value is -3.13. The fourth-order valence-corrected chi connectivity index (χ4v) is 3.23. The van der Waals surface area contributed by atoms with Gasteiger partial charge in [0.25, 0.3) is 0 Å². The molecule has 0 bridgehead atoms. The zero-order valence-corrected chi connectivity index (χ0v) is 18.0. The van der Waals surface area contributed by atoms with Gasteiger partial charge in [0.05, 0.1) is 7.11 Å². The molecule has 7 nitrogen and oxygen atoms in total. The molecule has 0 fully saturated rings. The maximum absolute atomic E-state index is 12.6. The van der Waals surface area contributed by atoms with Crippen LogP contribution in [0.15, 0.2) is 59.5 Å². The second-order valence-corrected chi connectivity index (χ2v) is 7.94. The highest BCUT2D eigenvalue weighted by Crippen LogP contribution is 2.41. The van der Waals surface area contributed by atoms with Crippen LogP contribution < -0.4 is 10.1 Å². The Labute approximate surface area is 179 Å². The van der Waals surface area contributed by atoms with Gasteiger partial charge in [-0.05, 0) is 48.2 Å². The molecule has 0 aliphatic rings. The molecule has 1 amide bonds. The van der Waals surface area contributed by atoms with Crippen molar-refractivity contribution in [1.82, 2.24) is 0 Å². The summed E-state index contributed by atoms with van der Waals surface area (Å²) in [4.78, 5) is 24.6. The Morgan fingerprint density at radius 1 is 1.17 bits per heavy atom. The molecule has 2 aromatic rings. The largest absolute Gasteiger partial charge is 0.504 e. The van der Waals surface area contributed by atoms with Gasteiger partial charge in [0, 0.05) is 22.1 Å². The number of anilines is 1. The lowest BCUT2D eigenvalue weighted by atomic mass is 9.82. The van der Waals surface area contributed by atoms with Crippen LogP contribution in [0.1, 0.15) is 25.5 Å². The Kier molecular flexibility index (Phi) is 7.77. The van der Waals surface area contributed by atoms with Crippen LogP contribution in [0.2, 0.25) is 0 Å². The number of hydrogen-bond acceptors (Lipinski definition) is 6. The monoisotopic (exact) mass is 431 g/mol. The van der Waals surface area contributed by atoms with E-state index in [0.717, 1.165) is 11.0 Å². The highest BCUT2D eigenvalue weighted by molar-refractivity contribution is 7.98. The molecule has 0 heterocycles. The van der Waals surface area contributed by atoms with E-state index in [1.54, 1.807) is 49.9 Å². The van der Waals surface area contributed by atoms with Gasteiger partial charge >= 0.3 is 12.1 Å². The van der Waals surface area contributed by atoms with E-state index in [-0.39, 0.29) is 11.5 Å². The first-order chi connectivity index (χ1) is 14.2. The van der Waals surface area contributed by atoms with E-state index in [9.17, 15) is 14.7 Å². The first-order valence-electron chi connectivity index (χ1n) is 9.07. The fraction of sp³-hybridized carbons (Fsp3) is 0.273. The predicted molar refractivity (Wildman–Crippen MR) is 116 cm³/mol. The number of aromatic hydroxyl groups is 1. The highest BCUT2D eigenvalue weighted by atomic mass is 32.2. The molecule has 0 saturated heterocycles. The molecular weight excluding hydrogens is 406 g/mol. The lowest BCUT2D eigenvalue weighted by molar-refractivity contribution is -0.131. The average Bonchev–Trinajstić information content (AvgIpc) is 2.71. The van der Waals surface area contributed by atoms with Crippen LogP contribution in [0.25, 0.3) is 0 Å². The molecule has 2 rings (SSSR count). The van der Waals surface area contributed by atoms with Gasteiger partial charge in [0.1, 0.15) is 6.10 Å². The molecular formula is C22H25NO6S. The summed E-state index contributed by atoms with van der Waals surface area (Å²) in [5.41, 5.74) is 0.161. The zero-order chi connectivity index (χ0) is 22.3. The number of methoxy groups -OCH3 is 1. The molecule has 0 aliphatic heterocycles. The lowest BCUT2D eigenvalue weighted by Crippen LogP contribution is -2.27. The number of phenolic OH excluding ortho intramolecular Hbond substituents is 1. The molecule has 8 heteroatoms. The number of thioether (sulfide) groups is 1. The molecule has 30 heavy (non-hydrogen) atoms. The predicted octanol–water partition coefficient (Wildman–Crippen LogP) is 5.08. The number of ether oxygens (including phenoxy) is 2. The molecule has 1 atom stereocenters. The van der Waals surface area contributed by atoms with E-state index in [1.807, 2.05) is 18.4 Å². The third kappa shape index (κ3) is 6.18. The standard InChI is InChI=1S/C22H25NO6S/c1-22(2,12-11-19(25)26)20(14-5-10-18(28-3)17(24)13-14)29-21(27)23-15-6-8-16(30-4)9-7-15/h5-13,20,24H,1-4H3,(H,23,27)(H,25,26)/b12-11+/t20-/m1/s1. The van der Waals surface area contributed by atoms with Crippen molar-refractivity contribution in [2.75, 3.05) is 18.7 Å². The van der Waals surface area contributed by atoms with Gasteiger partial charge in [0.2, 0.25) is 0 Å². The lowest BCUT2D eigenvalue weighted by Gasteiger charge is -2.31. The molecule has 0 spiro atoms.